The smallest absolute Gasteiger partial charge is 0.146 e. The molecule has 0 atom stereocenters. The summed E-state index contributed by atoms with van der Waals surface area (Å²) in [6.45, 7) is 3.40. The van der Waals surface area contributed by atoms with E-state index in [4.69, 9.17) is 0 Å². The zero-order valence-corrected chi connectivity index (χ0v) is 10.9. The molecule has 4 nitrogen and oxygen atoms in total. The van der Waals surface area contributed by atoms with Gasteiger partial charge in [-0.2, -0.15) is 0 Å². The summed E-state index contributed by atoms with van der Waals surface area (Å²) < 4.78 is 14.8. The highest BCUT2D eigenvalue weighted by molar-refractivity contribution is 5.15. The van der Waals surface area contributed by atoms with Crippen LogP contribution in [0.2, 0.25) is 0 Å². The predicted octanol–water partition coefficient (Wildman–Crippen LogP) is 1.89. The number of hydrogen-bond acceptors (Lipinski definition) is 3. The third-order valence-corrected chi connectivity index (χ3v) is 2.96. The van der Waals surface area contributed by atoms with Crippen LogP contribution in [0, 0.1) is 12.7 Å². The maximum Gasteiger partial charge on any atom is 0.146 e. The fourth-order valence-electron chi connectivity index (χ4n) is 1.79. The Balaban J connectivity index is 1.98. The first-order valence-electron chi connectivity index (χ1n) is 5.84. The van der Waals surface area contributed by atoms with E-state index in [0.29, 0.717) is 6.54 Å². The summed E-state index contributed by atoms with van der Waals surface area (Å²) in [4.78, 5) is 2.12. The minimum Gasteiger partial charge on any atom is -0.317 e. The minimum atomic E-state index is -0.203. The van der Waals surface area contributed by atoms with Crippen molar-refractivity contribution in [3.63, 3.8) is 0 Å². The van der Waals surface area contributed by atoms with Gasteiger partial charge in [0.1, 0.15) is 17.5 Å². The Morgan fingerprint density at radius 1 is 1.17 bits per heavy atom. The quantitative estimate of drug-likeness (QED) is 0.828. The summed E-state index contributed by atoms with van der Waals surface area (Å²) >= 11 is 0. The van der Waals surface area contributed by atoms with Gasteiger partial charge in [0.05, 0.1) is 6.54 Å². The van der Waals surface area contributed by atoms with Crippen LogP contribution >= 0.6 is 0 Å². The molecule has 5 heteroatoms. The van der Waals surface area contributed by atoms with Crippen LogP contribution in [0.1, 0.15) is 17.2 Å². The van der Waals surface area contributed by atoms with Crippen molar-refractivity contribution in [3.8, 4) is 0 Å². The minimum absolute atomic E-state index is 0.203. The summed E-state index contributed by atoms with van der Waals surface area (Å²) in [7, 11) is 3.96. The van der Waals surface area contributed by atoms with Crippen molar-refractivity contribution < 1.29 is 4.39 Å². The van der Waals surface area contributed by atoms with Crippen LogP contribution in [0.25, 0.3) is 0 Å². The summed E-state index contributed by atoms with van der Waals surface area (Å²) in [5.41, 5.74) is 1.08. The van der Waals surface area contributed by atoms with Crippen LogP contribution in [0.3, 0.4) is 0 Å². The third kappa shape index (κ3) is 2.92. The van der Waals surface area contributed by atoms with E-state index in [9.17, 15) is 4.39 Å². The lowest BCUT2D eigenvalue weighted by Crippen LogP contribution is -2.19. The van der Waals surface area contributed by atoms with Crippen LogP contribution in [0.5, 0.6) is 0 Å². The van der Waals surface area contributed by atoms with E-state index in [1.807, 2.05) is 25.6 Å². The van der Waals surface area contributed by atoms with E-state index in [0.717, 1.165) is 23.8 Å². The molecule has 0 aliphatic heterocycles. The van der Waals surface area contributed by atoms with Gasteiger partial charge in [0.25, 0.3) is 0 Å². The molecule has 1 aromatic carbocycles. The first kappa shape index (κ1) is 12.7. The Kier molecular flexibility index (Phi) is 3.72. The van der Waals surface area contributed by atoms with Crippen LogP contribution < -0.4 is 0 Å². The highest BCUT2D eigenvalue weighted by Crippen LogP contribution is 2.08. The van der Waals surface area contributed by atoms with Gasteiger partial charge in [0, 0.05) is 13.6 Å². The lowest BCUT2D eigenvalue weighted by Gasteiger charge is -2.16. The second-order valence-electron chi connectivity index (χ2n) is 4.52. The van der Waals surface area contributed by atoms with Crippen molar-refractivity contribution in [1.29, 1.82) is 0 Å². The first-order valence-corrected chi connectivity index (χ1v) is 5.84. The zero-order chi connectivity index (χ0) is 13.1. The fraction of sp³-hybridized carbons (Fsp3) is 0.385. The van der Waals surface area contributed by atoms with E-state index < -0.39 is 0 Å². The van der Waals surface area contributed by atoms with Gasteiger partial charge in [-0.15, -0.1) is 10.2 Å². The van der Waals surface area contributed by atoms with E-state index >= 15 is 0 Å². The average molecular weight is 248 g/mol. The van der Waals surface area contributed by atoms with Crippen LogP contribution in [0.15, 0.2) is 24.3 Å². The molecule has 18 heavy (non-hydrogen) atoms. The van der Waals surface area contributed by atoms with Crippen molar-refractivity contribution >= 4 is 0 Å². The van der Waals surface area contributed by atoms with Gasteiger partial charge in [-0.25, -0.2) is 4.39 Å². The number of rotatable bonds is 4. The number of benzene rings is 1. The summed E-state index contributed by atoms with van der Waals surface area (Å²) in [5, 5.41) is 8.15. The second kappa shape index (κ2) is 5.27. The van der Waals surface area contributed by atoms with Crippen molar-refractivity contribution in [1.82, 2.24) is 19.7 Å². The Morgan fingerprint density at radius 3 is 2.39 bits per heavy atom. The molecule has 0 aliphatic rings. The van der Waals surface area contributed by atoms with Crippen LogP contribution in [-0.4, -0.2) is 26.7 Å². The zero-order valence-electron chi connectivity index (χ0n) is 10.9. The van der Waals surface area contributed by atoms with E-state index in [2.05, 4.69) is 15.1 Å². The largest absolute Gasteiger partial charge is 0.317 e. The van der Waals surface area contributed by atoms with Gasteiger partial charge < -0.3 is 4.57 Å². The highest BCUT2D eigenvalue weighted by Gasteiger charge is 2.08. The van der Waals surface area contributed by atoms with E-state index in [1.165, 1.54) is 12.1 Å². The molecule has 0 N–H and O–H groups in total. The second-order valence-corrected chi connectivity index (χ2v) is 4.52. The molecule has 0 bridgehead atoms. The number of aromatic nitrogens is 3. The average Bonchev–Trinajstić information content (AvgIpc) is 2.64. The number of halogens is 1. The number of aryl methyl sites for hydroxylation is 1. The monoisotopic (exact) mass is 248 g/mol. The molecule has 1 aromatic heterocycles. The molecule has 0 radical (unpaired) electrons. The van der Waals surface area contributed by atoms with Crippen LogP contribution in [0.4, 0.5) is 4.39 Å². The van der Waals surface area contributed by atoms with Gasteiger partial charge in [0.15, 0.2) is 0 Å². The molecule has 0 saturated heterocycles. The molecule has 1 heterocycles. The molecule has 0 amide bonds. The molecule has 0 spiro atoms. The molecule has 96 valence electrons. The van der Waals surface area contributed by atoms with Crippen molar-refractivity contribution in [3.05, 3.63) is 47.3 Å². The summed E-state index contributed by atoms with van der Waals surface area (Å²) in [6, 6.07) is 6.56. The summed E-state index contributed by atoms with van der Waals surface area (Å²) in [5.74, 6) is 1.63. The van der Waals surface area contributed by atoms with Gasteiger partial charge in [-0.1, -0.05) is 12.1 Å². The Labute approximate surface area is 106 Å². The first-order chi connectivity index (χ1) is 8.56. The van der Waals surface area contributed by atoms with E-state index in [1.54, 1.807) is 12.1 Å². The predicted molar refractivity (Wildman–Crippen MR) is 67.3 cm³/mol. The molecule has 0 fully saturated rings. The fourth-order valence-corrected chi connectivity index (χ4v) is 1.79. The van der Waals surface area contributed by atoms with Crippen molar-refractivity contribution in [2.45, 2.75) is 20.0 Å². The normalized spacial score (nSPS) is 11.2. The maximum absolute atomic E-state index is 12.8. The number of nitrogens with zero attached hydrogens (tertiary/aromatic N) is 4. The topological polar surface area (TPSA) is 34.0 Å². The Morgan fingerprint density at radius 2 is 1.83 bits per heavy atom. The highest BCUT2D eigenvalue weighted by atomic mass is 19.1. The number of hydrogen-bond donors (Lipinski definition) is 0. The molecule has 0 saturated carbocycles. The maximum atomic E-state index is 12.8. The van der Waals surface area contributed by atoms with Gasteiger partial charge in [-0.05, 0) is 31.7 Å². The van der Waals surface area contributed by atoms with Gasteiger partial charge >= 0.3 is 0 Å². The lowest BCUT2D eigenvalue weighted by atomic mass is 10.2. The van der Waals surface area contributed by atoms with Crippen molar-refractivity contribution in [2.24, 2.45) is 7.05 Å². The molecular formula is C13H17FN4. The van der Waals surface area contributed by atoms with Crippen LogP contribution in [-0.2, 0) is 20.1 Å². The van der Waals surface area contributed by atoms with Crippen molar-refractivity contribution in [2.75, 3.05) is 7.05 Å². The van der Waals surface area contributed by atoms with Gasteiger partial charge in [0.2, 0.25) is 0 Å². The summed E-state index contributed by atoms with van der Waals surface area (Å²) in [6.07, 6.45) is 0. The van der Waals surface area contributed by atoms with E-state index in [-0.39, 0.29) is 5.82 Å². The molecule has 0 unspecified atom stereocenters. The standard InChI is InChI=1S/C13H17FN4/c1-10-15-16-13(18(10)3)9-17(2)8-11-4-6-12(14)7-5-11/h4-7H,8-9H2,1-3H3. The third-order valence-electron chi connectivity index (χ3n) is 2.96. The molecule has 0 aliphatic carbocycles. The Hall–Kier alpha value is -1.75. The Bertz CT molecular complexity index is 518. The molecule has 2 aromatic rings. The molecular weight excluding hydrogens is 231 g/mol. The molecule has 2 rings (SSSR count). The lowest BCUT2D eigenvalue weighted by molar-refractivity contribution is 0.306. The SMILES string of the molecule is Cc1nnc(CN(C)Cc2ccc(F)cc2)n1C. The van der Waals surface area contributed by atoms with Gasteiger partial charge in [-0.3, -0.25) is 4.90 Å².